The quantitative estimate of drug-likeness (QED) is 0.270. The van der Waals surface area contributed by atoms with Crippen molar-refractivity contribution >= 4 is 51.7 Å². The molecule has 6 nitrogen and oxygen atoms in total. The predicted molar refractivity (Wildman–Crippen MR) is 146 cm³/mol. The summed E-state index contributed by atoms with van der Waals surface area (Å²) in [6.45, 7) is 1.56. The van der Waals surface area contributed by atoms with Gasteiger partial charge in [-0.25, -0.2) is 0 Å². The Kier molecular flexibility index (Phi) is 9.07. The minimum atomic E-state index is -0.480. The van der Waals surface area contributed by atoms with Gasteiger partial charge in [0.15, 0.2) is 0 Å². The summed E-state index contributed by atoms with van der Waals surface area (Å²) in [5, 5.41) is 10.8. The molecule has 0 aliphatic carbocycles. The van der Waals surface area contributed by atoms with Crippen molar-refractivity contribution < 1.29 is 9.59 Å². The number of likely N-dealkylation sites (tertiary alicyclic amines) is 1. The van der Waals surface area contributed by atoms with Crippen LogP contribution in [0.5, 0.6) is 0 Å². The van der Waals surface area contributed by atoms with Crippen molar-refractivity contribution in [3.8, 4) is 0 Å². The predicted octanol–water partition coefficient (Wildman–Crippen LogP) is 5.36. The van der Waals surface area contributed by atoms with Gasteiger partial charge in [-0.15, -0.1) is 12.4 Å². The van der Waals surface area contributed by atoms with Crippen LogP contribution in [-0.4, -0.2) is 35.6 Å². The van der Waals surface area contributed by atoms with Gasteiger partial charge >= 0.3 is 0 Å². The summed E-state index contributed by atoms with van der Waals surface area (Å²) in [5.41, 5.74) is 9.28. The number of nitrogen functional groups attached to an aromatic ring is 1. The highest BCUT2D eigenvalue weighted by molar-refractivity contribution is 9.10. The molecule has 1 fully saturated rings. The van der Waals surface area contributed by atoms with E-state index < -0.39 is 5.92 Å². The fourth-order valence-corrected chi connectivity index (χ4v) is 4.77. The molecule has 182 valence electrons. The van der Waals surface area contributed by atoms with Crippen LogP contribution in [0.1, 0.15) is 45.8 Å². The summed E-state index contributed by atoms with van der Waals surface area (Å²) in [6, 6.07) is 22.4. The molecule has 2 amide bonds. The maximum atomic E-state index is 13.5. The number of carbonyl (C=O) groups is 2. The second kappa shape index (κ2) is 12.0. The van der Waals surface area contributed by atoms with Crippen molar-refractivity contribution in [3.63, 3.8) is 0 Å². The zero-order chi connectivity index (χ0) is 24.1. The normalized spacial score (nSPS) is 13.6. The van der Waals surface area contributed by atoms with Crippen LogP contribution in [-0.2, 0) is 11.2 Å². The maximum Gasteiger partial charge on any atom is 0.254 e. The number of carbonyl (C=O) groups excluding carboxylic acids is 2. The first-order valence-corrected chi connectivity index (χ1v) is 12.1. The van der Waals surface area contributed by atoms with Gasteiger partial charge in [0.2, 0.25) is 5.91 Å². The van der Waals surface area contributed by atoms with E-state index >= 15 is 0 Å². The zero-order valence-electron chi connectivity index (χ0n) is 19.2. The van der Waals surface area contributed by atoms with Crippen molar-refractivity contribution in [2.75, 3.05) is 18.4 Å². The second-order valence-corrected chi connectivity index (χ2v) is 9.32. The number of amidine groups is 1. The average molecular weight is 556 g/mol. The van der Waals surface area contributed by atoms with Gasteiger partial charge in [0, 0.05) is 28.8 Å². The summed E-state index contributed by atoms with van der Waals surface area (Å²) in [6.07, 6.45) is 2.57. The van der Waals surface area contributed by atoms with Gasteiger partial charge in [-0.05, 0) is 70.6 Å². The Morgan fingerprint density at radius 1 is 1.00 bits per heavy atom. The lowest BCUT2D eigenvalue weighted by atomic mass is 9.90. The highest BCUT2D eigenvalue weighted by atomic mass is 79.9. The summed E-state index contributed by atoms with van der Waals surface area (Å²) < 4.78 is 0.653. The molecule has 0 spiro atoms. The van der Waals surface area contributed by atoms with E-state index in [2.05, 4.69) is 21.2 Å². The Bertz CT molecular complexity index is 1210. The Morgan fingerprint density at radius 3 is 2.37 bits per heavy atom. The van der Waals surface area contributed by atoms with E-state index in [0.29, 0.717) is 27.7 Å². The third-order valence-electron chi connectivity index (χ3n) is 6.06. The summed E-state index contributed by atoms with van der Waals surface area (Å²) in [4.78, 5) is 28.1. The highest BCUT2D eigenvalue weighted by Gasteiger charge is 2.24. The van der Waals surface area contributed by atoms with Gasteiger partial charge in [0.25, 0.3) is 5.91 Å². The third kappa shape index (κ3) is 6.50. The number of benzene rings is 3. The minimum absolute atomic E-state index is 0. The van der Waals surface area contributed by atoms with Crippen LogP contribution in [0.15, 0.2) is 77.3 Å². The Morgan fingerprint density at radius 2 is 1.71 bits per heavy atom. The van der Waals surface area contributed by atoms with E-state index in [9.17, 15) is 9.59 Å². The molecule has 1 saturated heterocycles. The highest BCUT2D eigenvalue weighted by Crippen LogP contribution is 2.27. The molecular formula is C27H28BrClN4O2. The second-order valence-electron chi connectivity index (χ2n) is 8.46. The largest absolute Gasteiger partial charge is 0.384 e. The van der Waals surface area contributed by atoms with Crippen LogP contribution in [0.4, 0.5) is 5.69 Å². The fraction of sp³-hybridized carbons (Fsp3) is 0.222. The fourth-order valence-electron chi connectivity index (χ4n) is 4.22. The van der Waals surface area contributed by atoms with Crippen molar-refractivity contribution in [1.29, 1.82) is 5.41 Å². The zero-order valence-corrected chi connectivity index (χ0v) is 21.6. The van der Waals surface area contributed by atoms with Gasteiger partial charge < -0.3 is 16.0 Å². The van der Waals surface area contributed by atoms with Crippen molar-refractivity contribution in [2.45, 2.75) is 25.2 Å². The van der Waals surface area contributed by atoms with E-state index in [1.54, 1.807) is 30.3 Å². The molecule has 4 rings (SSSR count). The summed E-state index contributed by atoms with van der Waals surface area (Å²) >= 11 is 3.51. The molecule has 3 aromatic carbocycles. The number of hydrogen-bond donors (Lipinski definition) is 3. The smallest absolute Gasteiger partial charge is 0.254 e. The van der Waals surface area contributed by atoms with E-state index in [-0.39, 0.29) is 30.1 Å². The molecule has 1 aliphatic rings. The van der Waals surface area contributed by atoms with Crippen LogP contribution in [0.3, 0.4) is 0 Å². The van der Waals surface area contributed by atoms with Crippen LogP contribution < -0.4 is 11.1 Å². The molecule has 0 bridgehead atoms. The summed E-state index contributed by atoms with van der Waals surface area (Å²) in [7, 11) is 0. The molecule has 8 heteroatoms. The number of nitrogens with one attached hydrogen (secondary N) is 2. The van der Waals surface area contributed by atoms with E-state index in [4.69, 9.17) is 11.1 Å². The molecule has 1 atom stereocenters. The first-order valence-electron chi connectivity index (χ1n) is 11.3. The third-order valence-corrected chi connectivity index (χ3v) is 6.72. The van der Waals surface area contributed by atoms with E-state index in [1.807, 2.05) is 47.4 Å². The number of rotatable bonds is 7. The first-order chi connectivity index (χ1) is 16.4. The van der Waals surface area contributed by atoms with Crippen molar-refractivity contribution in [3.05, 3.63) is 99.5 Å². The molecule has 35 heavy (non-hydrogen) atoms. The lowest BCUT2D eigenvalue weighted by Gasteiger charge is -2.19. The number of anilines is 1. The van der Waals surface area contributed by atoms with Crippen molar-refractivity contribution in [1.82, 2.24) is 4.90 Å². The van der Waals surface area contributed by atoms with Crippen LogP contribution in [0.25, 0.3) is 0 Å². The number of halogens is 2. The summed E-state index contributed by atoms with van der Waals surface area (Å²) in [5.74, 6) is -0.686. The first kappa shape index (κ1) is 26.4. The molecule has 0 radical (unpaired) electrons. The molecular weight excluding hydrogens is 528 g/mol. The van der Waals surface area contributed by atoms with Crippen LogP contribution in [0.2, 0.25) is 0 Å². The lowest BCUT2D eigenvalue weighted by molar-refractivity contribution is -0.117. The lowest BCUT2D eigenvalue weighted by Crippen LogP contribution is -2.28. The molecule has 1 heterocycles. The molecule has 0 aromatic heterocycles. The molecule has 4 N–H and O–H groups in total. The van der Waals surface area contributed by atoms with Gasteiger partial charge in [-0.2, -0.15) is 0 Å². The monoisotopic (exact) mass is 554 g/mol. The van der Waals surface area contributed by atoms with E-state index in [1.165, 1.54) is 0 Å². The van der Waals surface area contributed by atoms with Crippen LogP contribution >= 0.6 is 28.3 Å². The number of amides is 2. The van der Waals surface area contributed by atoms with Gasteiger partial charge in [-0.3, -0.25) is 15.0 Å². The molecule has 0 saturated carbocycles. The molecule has 1 unspecified atom stereocenters. The van der Waals surface area contributed by atoms with Gasteiger partial charge in [0.05, 0.1) is 11.5 Å². The SMILES string of the molecule is Cl.N=C(N)c1cccc(C(Cc2ccccc2)C(=O)Nc2ccc(C(=O)N3CCCC3)c(Br)c2)c1. The standard InChI is InChI=1S/C27H27BrN4O2.ClH/c28-24-17-21(11-12-22(24)27(34)32-13-4-5-14-32)31-26(33)23(15-18-7-2-1-3-8-18)19-9-6-10-20(16-19)25(29)30;/h1-3,6-12,16-17,23H,4-5,13-15H2,(H3,29,30)(H,31,33);1H. The van der Waals surface area contributed by atoms with Gasteiger partial charge in [-0.1, -0.05) is 48.5 Å². The number of hydrogen-bond acceptors (Lipinski definition) is 3. The van der Waals surface area contributed by atoms with Crippen molar-refractivity contribution in [2.24, 2.45) is 5.73 Å². The van der Waals surface area contributed by atoms with Crippen LogP contribution in [0, 0.1) is 5.41 Å². The Balaban J connectivity index is 0.00000342. The minimum Gasteiger partial charge on any atom is -0.384 e. The van der Waals surface area contributed by atoms with E-state index in [0.717, 1.165) is 37.1 Å². The molecule has 3 aromatic rings. The topological polar surface area (TPSA) is 99.3 Å². The van der Waals surface area contributed by atoms with Gasteiger partial charge in [0.1, 0.15) is 5.84 Å². The average Bonchev–Trinajstić information content (AvgIpc) is 3.38. The Hall–Kier alpha value is -3.16. The number of nitrogens with zero attached hydrogens (tertiary/aromatic N) is 1. The number of nitrogens with two attached hydrogens (primary N) is 1. The molecule has 1 aliphatic heterocycles. The Labute approximate surface area is 220 Å². The maximum absolute atomic E-state index is 13.5.